The number of hydrogen-bond acceptors (Lipinski definition) is 3. The Morgan fingerprint density at radius 1 is 1.30 bits per heavy atom. The molecule has 0 bridgehead atoms. The molecular formula is C20H33IN6. The standard InChI is InChI=1S/C20H32N6.HI/c1-4-25-13-10-17(15-25)14-23-20(21-3)22-11-7-12-26-16(2)24-18-8-5-6-9-19(18)26;/h5-6,8-9,17H,4,7,10-15H2,1-3H3,(H2,21,22,23);1H. The van der Waals surface area contributed by atoms with E-state index in [4.69, 9.17) is 0 Å². The van der Waals surface area contributed by atoms with Crippen molar-refractivity contribution in [3.63, 3.8) is 0 Å². The van der Waals surface area contributed by atoms with Crippen molar-refractivity contribution in [2.24, 2.45) is 10.9 Å². The van der Waals surface area contributed by atoms with E-state index in [9.17, 15) is 0 Å². The fraction of sp³-hybridized carbons (Fsp3) is 0.600. The number of imidazole rings is 1. The average Bonchev–Trinajstić information content (AvgIpc) is 3.25. The first kappa shape index (κ1) is 21.9. The van der Waals surface area contributed by atoms with Crippen LogP contribution in [0.25, 0.3) is 11.0 Å². The maximum atomic E-state index is 4.63. The zero-order chi connectivity index (χ0) is 18.4. The van der Waals surface area contributed by atoms with Crippen molar-refractivity contribution in [2.75, 3.05) is 39.8 Å². The summed E-state index contributed by atoms with van der Waals surface area (Å²) < 4.78 is 2.30. The first-order chi connectivity index (χ1) is 12.7. The van der Waals surface area contributed by atoms with Crippen LogP contribution in [-0.2, 0) is 6.54 Å². The summed E-state index contributed by atoms with van der Waals surface area (Å²) in [5, 5.41) is 6.92. The van der Waals surface area contributed by atoms with Gasteiger partial charge in [0.05, 0.1) is 11.0 Å². The molecule has 6 nitrogen and oxygen atoms in total. The van der Waals surface area contributed by atoms with Crippen LogP contribution in [0.2, 0.25) is 0 Å². The smallest absolute Gasteiger partial charge is 0.190 e. The zero-order valence-corrected chi connectivity index (χ0v) is 19.1. The molecule has 150 valence electrons. The van der Waals surface area contributed by atoms with E-state index in [0.29, 0.717) is 0 Å². The van der Waals surface area contributed by atoms with Crippen LogP contribution in [0.4, 0.5) is 0 Å². The summed E-state index contributed by atoms with van der Waals surface area (Å²) in [5.41, 5.74) is 2.29. The Kier molecular flexibility index (Phi) is 8.82. The number of benzene rings is 1. The number of para-hydroxylation sites is 2. The highest BCUT2D eigenvalue weighted by Gasteiger charge is 2.20. The van der Waals surface area contributed by atoms with E-state index < -0.39 is 0 Å². The van der Waals surface area contributed by atoms with Crippen LogP contribution in [0.3, 0.4) is 0 Å². The van der Waals surface area contributed by atoms with Gasteiger partial charge in [0.2, 0.25) is 0 Å². The number of likely N-dealkylation sites (tertiary alicyclic amines) is 1. The minimum absolute atomic E-state index is 0. The van der Waals surface area contributed by atoms with Crippen molar-refractivity contribution in [1.82, 2.24) is 25.1 Å². The Morgan fingerprint density at radius 3 is 2.85 bits per heavy atom. The van der Waals surface area contributed by atoms with Gasteiger partial charge < -0.3 is 20.1 Å². The largest absolute Gasteiger partial charge is 0.356 e. The molecule has 1 aliphatic rings. The van der Waals surface area contributed by atoms with E-state index in [2.05, 4.69) is 62.1 Å². The van der Waals surface area contributed by atoms with Crippen LogP contribution in [0.5, 0.6) is 0 Å². The minimum Gasteiger partial charge on any atom is -0.356 e. The van der Waals surface area contributed by atoms with Gasteiger partial charge in [0.25, 0.3) is 0 Å². The number of hydrogen-bond donors (Lipinski definition) is 2. The van der Waals surface area contributed by atoms with Gasteiger partial charge in [-0.25, -0.2) is 4.98 Å². The molecule has 1 atom stereocenters. The predicted molar refractivity (Wildman–Crippen MR) is 124 cm³/mol. The van der Waals surface area contributed by atoms with Gasteiger partial charge >= 0.3 is 0 Å². The van der Waals surface area contributed by atoms with Gasteiger partial charge in [-0.2, -0.15) is 0 Å². The molecule has 2 aromatic rings. The molecule has 1 saturated heterocycles. The first-order valence-electron chi connectivity index (χ1n) is 9.80. The number of nitrogens with zero attached hydrogens (tertiary/aromatic N) is 4. The van der Waals surface area contributed by atoms with Gasteiger partial charge in [0, 0.05) is 33.2 Å². The van der Waals surface area contributed by atoms with Crippen molar-refractivity contribution in [2.45, 2.75) is 33.2 Å². The highest BCUT2D eigenvalue weighted by molar-refractivity contribution is 14.0. The monoisotopic (exact) mass is 484 g/mol. The third-order valence-corrected chi connectivity index (χ3v) is 5.30. The number of nitrogens with one attached hydrogen (secondary N) is 2. The lowest BCUT2D eigenvalue weighted by Gasteiger charge is -2.16. The van der Waals surface area contributed by atoms with Crippen molar-refractivity contribution in [3.05, 3.63) is 30.1 Å². The molecule has 0 spiro atoms. The van der Waals surface area contributed by atoms with Crippen LogP contribution in [0.1, 0.15) is 25.6 Å². The summed E-state index contributed by atoms with van der Waals surface area (Å²) in [6.45, 7) is 10.8. The molecule has 2 heterocycles. The van der Waals surface area contributed by atoms with Crippen LogP contribution in [-0.4, -0.2) is 60.2 Å². The summed E-state index contributed by atoms with van der Waals surface area (Å²) in [6, 6.07) is 8.34. The van der Waals surface area contributed by atoms with E-state index >= 15 is 0 Å². The molecule has 3 rings (SSSR count). The van der Waals surface area contributed by atoms with Crippen molar-refractivity contribution >= 4 is 41.0 Å². The highest BCUT2D eigenvalue weighted by atomic mass is 127. The second kappa shape index (κ2) is 10.8. The third kappa shape index (κ3) is 5.81. The lowest BCUT2D eigenvalue weighted by molar-refractivity contribution is 0.342. The van der Waals surface area contributed by atoms with Gasteiger partial charge in [0.1, 0.15) is 5.82 Å². The van der Waals surface area contributed by atoms with E-state index in [1.807, 2.05) is 13.1 Å². The Bertz CT molecular complexity index is 741. The summed E-state index contributed by atoms with van der Waals surface area (Å²) in [7, 11) is 1.84. The lowest BCUT2D eigenvalue weighted by Crippen LogP contribution is -2.40. The van der Waals surface area contributed by atoms with Gasteiger partial charge in [0.15, 0.2) is 5.96 Å². The predicted octanol–water partition coefficient (Wildman–Crippen LogP) is 2.86. The van der Waals surface area contributed by atoms with Crippen molar-refractivity contribution < 1.29 is 0 Å². The van der Waals surface area contributed by atoms with E-state index in [1.165, 1.54) is 25.0 Å². The topological polar surface area (TPSA) is 57.5 Å². The van der Waals surface area contributed by atoms with Gasteiger partial charge in [-0.05, 0) is 50.9 Å². The molecular weight excluding hydrogens is 451 g/mol. The SMILES string of the molecule is CCN1CCC(CNC(=NC)NCCCn2c(C)nc3ccccc32)C1.I. The number of aryl methyl sites for hydroxylation is 2. The molecule has 1 unspecified atom stereocenters. The van der Waals surface area contributed by atoms with Gasteiger partial charge in [-0.15, -0.1) is 24.0 Å². The molecule has 1 fully saturated rings. The van der Waals surface area contributed by atoms with Gasteiger partial charge in [-0.1, -0.05) is 19.1 Å². The Hall–Kier alpha value is -1.35. The molecule has 1 aromatic heterocycles. The third-order valence-electron chi connectivity index (χ3n) is 5.30. The Morgan fingerprint density at radius 2 is 2.11 bits per heavy atom. The highest BCUT2D eigenvalue weighted by Crippen LogP contribution is 2.16. The summed E-state index contributed by atoms with van der Waals surface area (Å²) in [5.74, 6) is 2.72. The van der Waals surface area contributed by atoms with E-state index in [0.717, 1.165) is 55.8 Å². The fourth-order valence-electron chi connectivity index (χ4n) is 3.75. The van der Waals surface area contributed by atoms with Crippen LogP contribution < -0.4 is 10.6 Å². The van der Waals surface area contributed by atoms with Crippen LogP contribution >= 0.6 is 24.0 Å². The second-order valence-electron chi connectivity index (χ2n) is 7.08. The minimum atomic E-state index is 0. The second-order valence-corrected chi connectivity index (χ2v) is 7.08. The number of aliphatic imine (C=N–C) groups is 1. The number of guanidine groups is 1. The molecule has 2 N–H and O–H groups in total. The van der Waals surface area contributed by atoms with Crippen LogP contribution in [0, 0.1) is 12.8 Å². The molecule has 27 heavy (non-hydrogen) atoms. The molecule has 1 aliphatic heterocycles. The summed E-state index contributed by atoms with van der Waals surface area (Å²) in [6.07, 6.45) is 2.32. The number of rotatable bonds is 7. The lowest BCUT2D eigenvalue weighted by atomic mass is 10.1. The Labute approximate surface area is 179 Å². The maximum absolute atomic E-state index is 4.63. The first-order valence-corrected chi connectivity index (χ1v) is 9.80. The van der Waals surface area contributed by atoms with E-state index in [1.54, 1.807) is 0 Å². The van der Waals surface area contributed by atoms with Crippen LogP contribution in [0.15, 0.2) is 29.3 Å². The molecule has 0 saturated carbocycles. The number of fused-ring (bicyclic) bond motifs is 1. The molecule has 0 aliphatic carbocycles. The van der Waals surface area contributed by atoms with E-state index in [-0.39, 0.29) is 24.0 Å². The quantitative estimate of drug-likeness (QED) is 0.275. The number of aromatic nitrogens is 2. The summed E-state index contributed by atoms with van der Waals surface area (Å²) >= 11 is 0. The molecule has 7 heteroatoms. The fourth-order valence-corrected chi connectivity index (χ4v) is 3.75. The molecule has 0 amide bonds. The van der Waals surface area contributed by atoms with Crippen molar-refractivity contribution in [1.29, 1.82) is 0 Å². The zero-order valence-electron chi connectivity index (χ0n) is 16.7. The average molecular weight is 484 g/mol. The van der Waals surface area contributed by atoms with Crippen molar-refractivity contribution in [3.8, 4) is 0 Å². The Balaban J connectivity index is 0.00000261. The molecule has 0 radical (unpaired) electrons. The molecule has 1 aromatic carbocycles. The van der Waals surface area contributed by atoms with Gasteiger partial charge in [-0.3, -0.25) is 4.99 Å². The normalized spacial score (nSPS) is 17.9. The number of halogens is 1. The maximum Gasteiger partial charge on any atom is 0.190 e. The summed E-state index contributed by atoms with van der Waals surface area (Å²) in [4.78, 5) is 11.5.